The number of aromatic nitrogens is 1. The van der Waals surface area contributed by atoms with Crippen LogP contribution in [0.1, 0.15) is 0 Å². The van der Waals surface area contributed by atoms with E-state index in [2.05, 4.69) is 15.0 Å². The lowest BCUT2D eigenvalue weighted by atomic mass is 10.3. The Morgan fingerprint density at radius 2 is 1.95 bits per heavy atom. The fourth-order valence-electron chi connectivity index (χ4n) is 1.44. The van der Waals surface area contributed by atoms with Crippen molar-refractivity contribution < 1.29 is 13.5 Å². The van der Waals surface area contributed by atoms with Gasteiger partial charge in [0, 0.05) is 0 Å². The minimum Gasteiger partial charge on any atom is -0.433 e. The lowest BCUT2D eigenvalue weighted by molar-refractivity contribution is -0.0493. The highest BCUT2D eigenvalue weighted by Gasteiger charge is 2.11. The Morgan fingerprint density at radius 1 is 1.21 bits per heavy atom. The van der Waals surface area contributed by atoms with E-state index in [1.54, 1.807) is 24.3 Å². The topological polar surface area (TPSA) is 60.2 Å². The number of rotatable bonds is 4. The van der Waals surface area contributed by atoms with Gasteiger partial charge in [-0.2, -0.15) is 8.78 Å². The molecule has 1 aromatic heterocycles. The molecule has 0 atom stereocenters. The van der Waals surface area contributed by atoms with Crippen molar-refractivity contribution in [3.8, 4) is 5.75 Å². The molecule has 0 unspecified atom stereocenters. The number of pyridine rings is 1. The zero-order chi connectivity index (χ0) is 13.8. The van der Waals surface area contributed by atoms with Crippen LogP contribution in [0.2, 0.25) is 5.15 Å². The number of anilines is 3. The van der Waals surface area contributed by atoms with Crippen LogP contribution < -0.4 is 15.8 Å². The number of ether oxygens (including phenoxy) is 1. The summed E-state index contributed by atoms with van der Waals surface area (Å²) < 4.78 is 28.9. The molecule has 0 saturated heterocycles. The third kappa shape index (κ3) is 3.45. The maximum absolute atomic E-state index is 12.3. The Bertz CT molecular complexity index is 581. The SMILES string of the molecule is Nc1ccc(Cl)nc1Nc1ccccc1OC(F)F. The third-order valence-corrected chi connectivity index (χ3v) is 2.46. The highest BCUT2D eigenvalue weighted by molar-refractivity contribution is 6.29. The minimum atomic E-state index is -2.91. The molecule has 7 heteroatoms. The van der Waals surface area contributed by atoms with Crippen LogP contribution in [0.5, 0.6) is 5.75 Å². The predicted octanol–water partition coefficient (Wildman–Crippen LogP) is 3.66. The summed E-state index contributed by atoms with van der Waals surface area (Å²) in [6, 6.07) is 9.33. The van der Waals surface area contributed by atoms with Crippen LogP contribution in [0, 0.1) is 0 Å². The Labute approximate surface area is 113 Å². The quantitative estimate of drug-likeness (QED) is 0.842. The summed E-state index contributed by atoms with van der Waals surface area (Å²) in [6.07, 6.45) is 0. The molecule has 100 valence electrons. The molecular weight excluding hydrogens is 276 g/mol. The van der Waals surface area contributed by atoms with E-state index in [4.69, 9.17) is 17.3 Å². The third-order valence-electron chi connectivity index (χ3n) is 2.25. The number of benzene rings is 1. The first-order chi connectivity index (χ1) is 9.06. The van der Waals surface area contributed by atoms with Crippen molar-refractivity contribution in [3.05, 3.63) is 41.6 Å². The molecule has 0 radical (unpaired) electrons. The second-order valence-corrected chi connectivity index (χ2v) is 3.96. The van der Waals surface area contributed by atoms with Crippen molar-refractivity contribution in [2.24, 2.45) is 0 Å². The first-order valence-electron chi connectivity index (χ1n) is 5.29. The van der Waals surface area contributed by atoms with Crippen molar-refractivity contribution in [2.75, 3.05) is 11.1 Å². The summed E-state index contributed by atoms with van der Waals surface area (Å²) in [5.74, 6) is 0.275. The summed E-state index contributed by atoms with van der Waals surface area (Å²) in [5, 5.41) is 3.05. The zero-order valence-corrected chi connectivity index (χ0v) is 10.4. The molecule has 0 aliphatic carbocycles. The summed E-state index contributed by atoms with van der Waals surface area (Å²) >= 11 is 5.75. The van der Waals surface area contributed by atoms with Crippen molar-refractivity contribution in [2.45, 2.75) is 6.61 Å². The largest absolute Gasteiger partial charge is 0.433 e. The Kier molecular flexibility index (Phi) is 4.01. The lowest BCUT2D eigenvalue weighted by Gasteiger charge is -2.13. The molecular formula is C12H10ClF2N3O. The molecule has 2 rings (SSSR count). The van der Waals surface area contributed by atoms with E-state index in [9.17, 15) is 8.78 Å². The summed E-state index contributed by atoms with van der Waals surface area (Å²) in [4.78, 5) is 3.97. The van der Waals surface area contributed by atoms with E-state index in [0.29, 0.717) is 11.4 Å². The highest BCUT2D eigenvalue weighted by atomic mass is 35.5. The van der Waals surface area contributed by atoms with Crippen LogP contribution in [-0.2, 0) is 0 Å². The van der Waals surface area contributed by atoms with Gasteiger partial charge in [0.25, 0.3) is 0 Å². The number of para-hydroxylation sites is 2. The number of nitrogens with two attached hydrogens (primary N) is 1. The number of hydrogen-bond donors (Lipinski definition) is 2. The van der Waals surface area contributed by atoms with E-state index in [-0.39, 0.29) is 16.7 Å². The van der Waals surface area contributed by atoms with Gasteiger partial charge >= 0.3 is 6.61 Å². The van der Waals surface area contributed by atoms with E-state index in [1.165, 1.54) is 12.1 Å². The lowest BCUT2D eigenvalue weighted by Crippen LogP contribution is -2.05. The van der Waals surface area contributed by atoms with Crippen LogP contribution >= 0.6 is 11.6 Å². The highest BCUT2D eigenvalue weighted by Crippen LogP contribution is 2.30. The molecule has 1 aromatic carbocycles. The first kappa shape index (κ1) is 13.4. The molecule has 0 spiro atoms. The van der Waals surface area contributed by atoms with Gasteiger partial charge in [0.1, 0.15) is 10.9 Å². The molecule has 1 heterocycles. The monoisotopic (exact) mass is 285 g/mol. The average molecular weight is 286 g/mol. The Balaban J connectivity index is 2.30. The van der Waals surface area contributed by atoms with Crippen molar-refractivity contribution in [1.82, 2.24) is 4.98 Å². The molecule has 0 bridgehead atoms. The van der Waals surface area contributed by atoms with Crippen molar-refractivity contribution >= 4 is 28.8 Å². The van der Waals surface area contributed by atoms with Gasteiger partial charge in [0.05, 0.1) is 11.4 Å². The number of nitrogens with zero attached hydrogens (tertiary/aromatic N) is 1. The van der Waals surface area contributed by atoms with Gasteiger partial charge in [0.2, 0.25) is 0 Å². The van der Waals surface area contributed by atoms with Gasteiger partial charge in [-0.15, -0.1) is 0 Å². The summed E-state index contributed by atoms with van der Waals surface area (Å²) in [6.45, 7) is -2.91. The normalized spacial score (nSPS) is 10.5. The molecule has 0 aliphatic rings. The number of nitrogen functional groups attached to an aromatic ring is 1. The van der Waals surface area contributed by atoms with Gasteiger partial charge in [0.15, 0.2) is 5.82 Å². The molecule has 0 aliphatic heterocycles. The van der Waals surface area contributed by atoms with Crippen LogP contribution in [0.25, 0.3) is 0 Å². The number of hydrogen-bond acceptors (Lipinski definition) is 4. The summed E-state index contributed by atoms with van der Waals surface area (Å²) in [7, 11) is 0. The number of nitrogens with one attached hydrogen (secondary N) is 1. The standard InChI is InChI=1S/C12H10ClF2N3O/c13-10-6-5-7(16)11(18-10)17-8-3-1-2-4-9(8)19-12(14)15/h1-6,12H,16H2,(H,17,18). The maximum atomic E-state index is 12.3. The predicted molar refractivity (Wildman–Crippen MR) is 70.0 cm³/mol. The van der Waals surface area contributed by atoms with Crippen molar-refractivity contribution in [1.29, 1.82) is 0 Å². The van der Waals surface area contributed by atoms with Gasteiger partial charge < -0.3 is 15.8 Å². The Morgan fingerprint density at radius 3 is 2.68 bits per heavy atom. The number of halogens is 3. The van der Waals surface area contributed by atoms with Gasteiger partial charge in [-0.1, -0.05) is 23.7 Å². The molecule has 0 saturated carbocycles. The van der Waals surface area contributed by atoms with E-state index >= 15 is 0 Å². The summed E-state index contributed by atoms with van der Waals surface area (Å²) in [5.41, 5.74) is 6.38. The first-order valence-corrected chi connectivity index (χ1v) is 5.67. The van der Waals surface area contributed by atoms with Crippen LogP contribution in [0.3, 0.4) is 0 Å². The van der Waals surface area contributed by atoms with E-state index in [0.717, 1.165) is 0 Å². The van der Waals surface area contributed by atoms with E-state index < -0.39 is 6.61 Å². The van der Waals surface area contributed by atoms with Gasteiger partial charge in [-0.3, -0.25) is 0 Å². The second-order valence-electron chi connectivity index (χ2n) is 3.57. The molecule has 3 N–H and O–H groups in total. The van der Waals surface area contributed by atoms with E-state index in [1.807, 2.05) is 0 Å². The van der Waals surface area contributed by atoms with Crippen LogP contribution in [0.4, 0.5) is 26.0 Å². The zero-order valence-electron chi connectivity index (χ0n) is 9.61. The maximum Gasteiger partial charge on any atom is 0.387 e. The minimum absolute atomic E-state index is 0.00123. The molecule has 2 aromatic rings. The molecule has 4 nitrogen and oxygen atoms in total. The van der Waals surface area contributed by atoms with Gasteiger partial charge in [-0.05, 0) is 24.3 Å². The fraction of sp³-hybridized carbons (Fsp3) is 0.0833. The van der Waals surface area contributed by atoms with Crippen LogP contribution in [-0.4, -0.2) is 11.6 Å². The van der Waals surface area contributed by atoms with Crippen LogP contribution in [0.15, 0.2) is 36.4 Å². The Hall–Kier alpha value is -2.08. The van der Waals surface area contributed by atoms with Gasteiger partial charge in [-0.25, -0.2) is 4.98 Å². The molecule has 0 amide bonds. The smallest absolute Gasteiger partial charge is 0.387 e. The average Bonchev–Trinajstić information content (AvgIpc) is 2.35. The molecule has 0 fully saturated rings. The fourth-order valence-corrected chi connectivity index (χ4v) is 1.59. The number of alkyl halides is 2. The van der Waals surface area contributed by atoms with Crippen molar-refractivity contribution in [3.63, 3.8) is 0 Å². The molecule has 19 heavy (non-hydrogen) atoms. The second kappa shape index (κ2) is 5.71.